The third kappa shape index (κ3) is 7.27. The molecule has 4 heteroatoms. The van der Waals surface area contributed by atoms with Crippen molar-refractivity contribution in [3.63, 3.8) is 0 Å². The van der Waals surface area contributed by atoms with Crippen LogP contribution in [0.3, 0.4) is 0 Å². The summed E-state index contributed by atoms with van der Waals surface area (Å²) in [5.41, 5.74) is 13.2. The van der Waals surface area contributed by atoms with E-state index in [2.05, 4.69) is 298 Å². The first kappa shape index (κ1) is 40.9. The standard InChI is InChI=1S/C66H46N4/c1-4-23-52(24-5-1)67(57-33-31-47-17-10-12-20-50(47)43-57)59-39-41-65-62(45-59)63-46-60(68(53-25-6-2-7-26-53)58-34-32-48-18-11-13-21-51(48)44-58)40-42-66(63)70(65)56-37-35-55(36-38-56)69(54-27-8-3-9-28-54)64-30-16-22-49-19-14-15-29-61(49)64/h1-46H. The van der Waals surface area contributed by atoms with Gasteiger partial charge in [0.15, 0.2) is 0 Å². The van der Waals surface area contributed by atoms with E-state index in [1.165, 1.54) is 32.3 Å². The van der Waals surface area contributed by atoms with E-state index in [0.717, 1.165) is 78.7 Å². The van der Waals surface area contributed by atoms with Crippen LogP contribution in [-0.2, 0) is 0 Å². The first-order valence-electron chi connectivity index (χ1n) is 23.9. The van der Waals surface area contributed by atoms with E-state index >= 15 is 0 Å². The first-order valence-corrected chi connectivity index (χ1v) is 23.9. The smallest absolute Gasteiger partial charge is 0.0542 e. The molecule has 0 aliphatic rings. The highest BCUT2D eigenvalue weighted by atomic mass is 15.2. The molecule has 0 saturated heterocycles. The Morgan fingerprint density at radius 1 is 0.214 bits per heavy atom. The molecule has 0 atom stereocenters. The highest BCUT2D eigenvalue weighted by molar-refractivity contribution is 6.12. The number of benzene rings is 12. The van der Waals surface area contributed by atoms with Gasteiger partial charge in [-0.1, -0.05) is 152 Å². The summed E-state index contributed by atoms with van der Waals surface area (Å²) in [7, 11) is 0. The van der Waals surface area contributed by atoms with Crippen LogP contribution >= 0.6 is 0 Å². The minimum atomic E-state index is 1.08. The molecule has 0 fully saturated rings. The molecule has 330 valence electrons. The number of hydrogen-bond acceptors (Lipinski definition) is 3. The second-order valence-electron chi connectivity index (χ2n) is 17.8. The van der Waals surface area contributed by atoms with Crippen molar-refractivity contribution in [1.82, 2.24) is 4.57 Å². The molecule has 0 spiro atoms. The van der Waals surface area contributed by atoms with Crippen molar-refractivity contribution < 1.29 is 0 Å². The highest BCUT2D eigenvalue weighted by Crippen LogP contribution is 2.45. The Morgan fingerprint density at radius 2 is 0.586 bits per heavy atom. The number of rotatable bonds is 10. The van der Waals surface area contributed by atoms with Crippen LogP contribution in [0.15, 0.2) is 279 Å². The molecule has 1 aromatic heterocycles. The van der Waals surface area contributed by atoms with Crippen LogP contribution in [0.2, 0.25) is 0 Å². The van der Waals surface area contributed by atoms with Crippen LogP contribution in [0.25, 0.3) is 59.8 Å². The number of anilines is 9. The molecular formula is C66H46N4. The van der Waals surface area contributed by atoms with Crippen LogP contribution in [-0.4, -0.2) is 4.57 Å². The molecule has 13 rings (SSSR count). The van der Waals surface area contributed by atoms with Crippen LogP contribution in [0.4, 0.5) is 51.2 Å². The second-order valence-corrected chi connectivity index (χ2v) is 17.8. The number of para-hydroxylation sites is 3. The maximum Gasteiger partial charge on any atom is 0.0542 e. The van der Waals surface area contributed by atoms with Gasteiger partial charge in [0.25, 0.3) is 0 Å². The van der Waals surface area contributed by atoms with Crippen LogP contribution in [0.5, 0.6) is 0 Å². The van der Waals surface area contributed by atoms with Gasteiger partial charge in [0.05, 0.1) is 16.7 Å². The van der Waals surface area contributed by atoms with Gasteiger partial charge in [-0.3, -0.25) is 0 Å². The van der Waals surface area contributed by atoms with E-state index in [4.69, 9.17) is 0 Å². The molecular weight excluding hydrogens is 849 g/mol. The summed E-state index contributed by atoms with van der Waals surface area (Å²) in [4.78, 5) is 7.13. The average molecular weight is 895 g/mol. The minimum Gasteiger partial charge on any atom is -0.310 e. The molecule has 0 aliphatic heterocycles. The maximum atomic E-state index is 2.43. The summed E-state index contributed by atoms with van der Waals surface area (Å²) in [6, 6.07) is 101. The summed E-state index contributed by atoms with van der Waals surface area (Å²) >= 11 is 0. The predicted octanol–water partition coefficient (Wildman–Crippen LogP) is 18.7. The van der Waals surface area contributed by atoms with E-state index in [9.17, 15) is 0 Å². The first-order chi connectivity index (χ1) is 34.7. The zero-order valence-electron chi connectivity index (χ0n) is 38.3. The molecule has 1 heterocycles. The molecule has 70 heavy (non-hydrogen) atoms. The van der Waals surface area contributed by atoms with Crippen molar-refractivity contribution >= 4 is 105 Å². The Kier molecular flexibility index (Phi) is 10.1. The van der Waals surface area contributed by atoms with E-state index < -0.39 is 0 Å². The normalized spacial score (nSPS) is 11.4. The second kappa shape index (κ2) is 17.4. The van der Waals surface area contributed by atoms with Crippen molar-refractivity contribution in [3.05, 3.63) is 279 Å². The van der Waals surface area contributed by atoms with Gasteiger partial charge in [0.1, 0.15) is 0 Å². The molecule has 0 aliphatic carbocycles. The van der Waals surface area contributed by atoms with Crippen molar-refractivity contribution in [2.24, 2.45) is 0 Å². The SMILES string of the molecule is c1ccc(N(c2ccc3ccccc3c2)c2ccc3c(c2)c2cc(N(c4ccccc4)c4ccc5ccccc5c4)ccc2n3-c2ccc(N(c3ccccc3)c3cccc4ccccc34)cc2)cc1. The zero-order chi connectivity index (χ0) is 46.4. The fourth-order valence-corrected chi connectivity index (χ4v) is 10.4. The lowest BCUT2D eigenvalue weighted by atomic mass is 10.1. The predicted molar refractivity (Wildman–Crippen MR) is 297 cm³/mol. The van der Waals surface area contributed by atoms with Gasteiger partial charge >= 0.3 is 0 Å². The lowest BCUT2D eigenvalue weighted by molar-refractivity contribution is 1.17. The average Bonchev–Trinajstić information content (AvgIpc) is 3.75. The Balaban J connectivity index is 1.02. The topological polar surface area (TPSA) is 14.7 Å². The molecule has 0 N–H and O–H groups in total. The van der Waals surface area contributed by atoms with E-state index in [1.807, 2.05) is 0 Å². The quantitative estimate of drug-likeness (QED) is 0.136. The van der Waals surface area contributed by atoms with Gasteiger partial charge in [-0.15, -0.1) is 0 Å². The summed E-state index contributed by atoms with van der Waals surface area (Å²) in [5.74, 6) is 0. The van der Waals surface area contributed by atoms with E-state index in [0.29, 0.717) is 0 Å². The van der Waals surface area contributed by atoms with E-state index in [-0.39, 0.29) is 0 Å². The molecule has 0 bridgehead atoms. The van der Waals surface area contributed by atoms with Gasteiger partial charge in [0.2, 0.25) is 0 Å². The zero-order valence-corrected chi connectivity index (χ0v) is 38.3. The summed E-state index contributed by atoms with van der Waals surface area (Å²) in [6.07, 6.45) is 0. The van der Waals surface area contributed by atoms with Crippen molar-refractivity contribution in [1.29, 1.82) is 0 Å². The lowest BCUT2D eigenvalue weighted by Crippen LogP contribution is -2.10. The lowest BCUT2D eigenvalue weighted by Gasteiger charge is -2.27. The number of hydrogen-bond donors (Lipinski definition) is 0. The van der Waals surface area contributed by atoms with Gasteiger partial charge in [0, 0.05) is 67.3 Å². The number of aromatic nitrogens is 1. The largest absolute Gasteiger partial charge is 0.310 e. The molecule has 13 aromatic rings. The van der Waals surface area contributed by atoms with Crippen molar-refractivity contribution in [2.75, 3.05) is 14.7 Å². The van der Waals surface area contributed by atoms with Gasteiger partial charge in [-0.2, -0.15) is 0 Å². The molecule has 0 saturated carbocycles. The van der Waals surface area contributed by atoms with Crippen LogP contribution in [0, 0.1) is 0 Å². The Hall–Kier alpha value is -9.38. The monoisotopic (exact) mass is 894 g/mol. The van der Waals surface area contributed by atoms with Crippen molar-refractivity contribution in [2.45, 2.75) is 0 Å². The summed E-state index contributed by atoms with van der Waals surface area (Å²) in [6.45, 7) is 0. The molecule has 0 radical (unpaired) electrons. The maximum absolute atomic E-state index is 2.43. The molecule has 4 nitrogen and oxygen atoms in total. The minimum absolute atomic E-state index is 1.08. The number of nitrogens with zero attached hydrogens (tertiary/aromatic N) is 4. The summed E-state index contributed by atoms with van der Waals surface area (Å²) in [5, 5.41) is 9.57. The van der Waals surface area contributed by atoms with Crippen LogP contribution < -0.4 is 14.7 Å². The number of fused-ring (bicyclic) bond motifs is 6. The van der Waals surface area contributed by atoms with Crippen molar-refractivity contribution in [3.8, 4) is 5.69 Å². The Morgan fingerprint density at radius 3 is 1.10 bits per heavy atom. The van der Waals surface area contributed by atoms with Gasteiger partial charge in [-0.05, 0) is 154 Å². The summed E-state index contributed by atoms with van der Waals surface area (Å²) < 4.78 is 2.43. The highest BCUT2D eigenvalue weighted by Gasteiger charge is 2.22. The fourth-order valence-electron chi connectivity index (χ4n) is 10.4. The third-order valence-corrected chi connectivity index (χ3v) is 13.6. The van der Waals surface area contributed by atoms with Gasteiger partial charge < -0.3 is 19.3 Å². The van der Waals surface area contributed by atoms with Gasteiger partial charge in [-0.25, -0.2) is 0 Å². The Bertz CT molecular complexity index is 3830. The third-order valence-electron chi connectivity index (χ3n) is 13.6. The Labute approximate surface area is 407 Å². The van der Waals surface area contributed by atoms with E-state index in [1.54, 1.807) is 0 Å². The molecule has 12 aromatic carbocycles. The molecule has 0 amide bonds. The molecule has 0 unspecified atom stereocenters. The van der Waals surface area contributed by atoms with Crippen LogP contribution in [0.1, 0.15) is 0 Å². The fraction of sp³-hybridized carbons (Fsp3) is 0.